The van der Waals surface area contributed by atoms with E-state index < -0.39 is 5.82 Å². The Kier molecular flexibility index (Phi) is 4.48. The lowest BCUT2D eigenvalue weighted by atomic mass is 10.0. The fraction of sp³-hybridized carbons (Fsp3) is 0.167. The van der Waals surface area contributed by atoms with Crippen molar-refractivity contribution in [2.24, 2.45) is 0 Å². The molecule has 0 aliphatic carbocycles. The minimum Gasteiger partial charge on any atom is -0.497 e. The van der Waals surface area contributed by atoms with Crippen LogP contribution in [-0.2, 0) is 6.61 Å². The quantitative estimate of drug-likeness (QED) is 0.774. The molecule has 3 aromatic rings. The first-order chi connectivity index (χ1) is 11.7. The zero-order valence-electron chi connectivity index (χ0n) is 13.2. The Morgan fingerprint density at radius 2 is 1.88 bits per heavy atom. The molecule has 6 heteroatoms. The second-order valence-electron chi connectivity index (χ2n) is 5.04. The van der Waals surface area contributed by atoms with E-state index in [0.717, 1.165) is 0 Å². The number of hydrogen-bond donors (Lipinski definition) is 1. The van der Waals surface area contributed by atoms with Crippen molar-refractivity contribution in [3.63, 3.8) is 0 Å². The molecule has 1 aromatic heterocycles. The highest BCUT2D eigenvalue weighted by atomic mass is 19.1. The summed E-state index contributed by atoms with van der Waals surface area (Å²) in [4.78, 5) is 0. The summed E-state index contributed by atoms with van der Waals surface area (Å²) in [6.07, 6.45) is 0. The molecule has 0 saturated carbocycles. The van der Waals surface area contributed by atoms with Gasteiger partial charge in [-0.15, -0.1) is 0 Å². The van der Waals surface area contributed by atoms with E-state index >= 15 is 0 Å². The van der Waals surface area contributed by atoms with Crippen molar-refractivity contribution in [3.8, 4) is 34.1 Å². The molecule has 1 N–H and O–H groups in total. The lowest BCUT2D eigenvalue weighted by Gasteiger charge is -2.09. The van der Waals surface area contributed by atoms with Gasteiger partial charge in [0.05, 0.1) is 32.0 Å². The maximum atomic E-state index is 14.0. The summed E-state index contributed by atoms with van der Waals surface area (Å²) >= 11 is 0. The zero-order chi connectivity index (χ0) is 17.1. The molecule has 0 amide bonds. The van der Waals surface area contributed by atoms with Crippen molar-refractivity contribution in [2.45, 2.75) is 6.61 Å². The average Bonchev–Trinajstić information content (AvgIpc) is 3.05. The van der Waals surface area contributed by atoms with Crippen molar-refractivity contribution in [1.82, 2.24) is 5.16 Å². The number of methoxy groups -OCH3 is 2. The monoisotopic (exact) mass is 329 g/mol. The number of hydrogen-bond acceptors (Lipinski definition) is 5. The third-order valence-electron chi connectivity index (χ3n) is 3.73. The van der Waals surface area contributed by atoms with Crippen LogP contribution in [0.1, 0.15) is 5.56 Å². The van der Waals surface area contributed by atoms with Gasteiger partial charge < -0.3 is 19.1 Å². The molecule has 0 aliphatic rings. The van der Waals surface area contributed by atoms with Crippen LogP contribution in [0.15, 0.2) is 47.0 Å². The van der Waals surface area contributed by atoms with Gasteiger partial charge in [-0.1, -0.05) is 17.3 Å². The number of rotatable bonds is 5. The van der Waals surface area contributed by atoms with Crippen molar-refractivity contribution < 1.29 is 23.5 Å². The molecule has 0 spiro atoms. The van der Waals surface area contributed by atoms with Crippen LogP contribution in [0.5, 0.6) is 11.5 Å². The van der Waals surface area contributed by atoms with Gasteiger partial charge in [0.15, 0.2) is 5.76 Å². The van der Waals surface area contributed by atoms with E-state index in [0.29, 0.717) is 28.4 Å². The Balaban J connectivity index is 2.16. The minimum absolute atomic E-state index is 0.267. The van der Waals surface area contributed by atoms with E-state index in [9.17, 15) is 9.50 Å². The van der Waals surface area contributed by atoms with E-state index in [1.165, 1.54) is 13.2 Å². The van der Waals surface area contributed by atoms with Crippen LogP contribution in [0, 0.1) is 5.82 Å². The molecule has 0 unspecified atom stereocenters. The molecule has 0 fully saturated rings. The van der Waals surface area contributed by atoms with Crippen LogP contribution < -0.4 is 9.47 Å². The van der Waals surface area contributed by atoms with Gasteiger partial charge in [0, 0.05) is 11.6 Å². The molecule has 0 bridgehead atoms. The number of halogens is 1. The Morgan fingerprint density at radius 1 is 1.08 bits per heavy atom. The largest absolute Gasteiger partial charge is 0.497 e. The first-order valence-electron chi connectivity index (χ1n) is 7.26. The lowest BCUT2D eigenvalue weighted by Crippen LogP contribution is -1.94. The van der Waals surface area contributed by atoms with Gasteiger partial charge in [-0.25, -0.2) is 4.39 Å². The fourth-order valence-electron chi connectivity index (χ4n) is 2.52. The van der Waals surface area contributed by atoms with Crippen LogP contribution in [0.25, 0.3) is 22.6 Å². The van der Waals surface area contributed by atoms with E-state index in [1.54, 1.807) is 43.5 Å². The molecule has 3 rings (SSSR count). The SMILES string of the molecule is COc1ccc(-c2onc(-c3ccccc3F)c2CO)c(OC)c1. The van der Waals surface area contributed by atoms with Crippen LogP contribution in [0.4, 0.5) is 4.39 Å². The van der Waals surface area contributed by atoms with E-state index in [-0.39, 0.29) is 17.9 Å². The number of benzene rings is 2. The van der Waals surface area contributed by atoms with Crippen LogP contribution in [0.2, 0.25) is 0 Å². The number of aliphatic hydroxyl groups excluding tert-OH is 1. The minimum atomic E-state index is -0.436. The third-order valence-corrected chi connectivity index (χ3v) is 3.73. The number of nitrogens with zero attached hydrogens (tertiary/aromatic N) is 1. The molecule has 0 aliphatic heterocycles. The molecule has 1 heterocycles. The first kappa shape index (κ1) is 16.0. The maximum absolute atomic E-state index is 14.0. The Morgan fingerprint density at radius 3 is 2.54 bits per heavy atom. The number of ether oxygens (including phenoxy) is 2. The molecule has 0 saturated heterocycles. The average molecular weight is 329 g/mol. The van der Waals surface area contributed by atoms with Crippen LogP contribution in [0.3, 0.4) is 0 Å². The molecular formula is C18H16FNO4. The van der Waals surface area contributed by atoms with Gasteiger partial charge in [0.1, 0.15) is 23.0 Å². The standard InChI is InChI=1S/C18H16FNO4/c1-22-11-7-8-13(16(9-11)23-2)18-14(10-21)17(20-24-18)12-5-3-4-6-15(12)19/h3-9,21H,10H2,1-2H3. The smallest absolute Gasteiger partial charge is 0.176 e. The highest BCUT2D eigenvalue weighted by molar-refractivity contribution is 5.76. The van der Waals surface area contributed by atoms with Gasteiger partial charge >= 0.3 is 0 Å². The van der Waals surface area contributed by atoms with Crippen LogP contribution in [-0.4, -0.2) is 24.5 Å². The zero-order valence-corrected chi connectivity index (χ0v) is 13.2. The summed E-state index contributed by atoms with van der Waals surface area (Å²) in [7, 11) is 3.07. The van der Waals surface area contributed by atoms with Crippen molar-refractivity contribution in [1.29, 1.82) is 0 Å². The summed E-state index contributed by atoms with van der Waals surface area (Å²) in [6, 6.07) is 11.4. The predicted molar refractivity (Wildman–Crippen MR) is 86.4 cm³/mol. The molecule has 24 heavy (non-hydrogen) atoms. The number of aromatic nitrogens is 1. The van der Waals surface area contributed by atoms with Gasteiger partial charge in [-0.3, -0.25) is 0 Å². The topological polar surface area (TPSA) is 64.7 Å². The Labute approximate surface area is 138 Å². The van der Waals surface area contributed by atoms with E-state index in [1.807, 2.05) is 0 Å². The molecule has 2 aromatic carbocycles. The summed E-state index contributed by atoms with van der Waals surface area (Å²) in [5.74, 6) is 1.01. The summed E-state index contributed by atoms with van der Waals surface area (Å²) in [6.45, 7) is -0.350. The van der Waals surface area contributed by atoms with Crippen LogP contribution >= 0.6 is 0 Å². The summed E-state index contributed by atoms with van der Waals surface area (Å²) in [5.41, 5.74) is 1.52. The second kappa shape index (κ2) is 6.72. The molecule has 0 radical (unpaired) electrons. The third kappa shape index (κ3) is 2.72. The molecular weight excluding hydrogens is 313 g/mol. The van der Waals surface area contributed by atoms with Gasteiger partial charge in [-0.05, 0) is 24.3 Å². The van der Waals surface area contributed by atoms with Gasteiger partial charge in [0.25, 0.3) is 0 Å². The Hall–Kier alpha value is -2.86. The summed E-state index contributed by atoms with van der Waals surface area (Å²) in [5, 5.41) is 13.7. The van der Waals surface area contributed by atoms with Gasteiger partial charge in [-0.2, -0.15) is 0 Å². The van der Waals surface area contributed by atoms with Crippen molar-refractivity contribution >= 4 is 0 Å². The van der Waals surface area contributed by atoms with E-state index in [2.05, 4.69) is 5.16 Å². The molecule has 0 atom stereocenters. The predicted octanol–water partition coefficient (Wildman–Crippen LogP) is 3.66. The lowest BCUT2D eigenvalue weighted by molar-refractivity contribution is 0.281. The molecule has 5 nitrogen and oxygen atoms in total. The highest BCUT2D eigenvalue weighted by Gasteiger charge is 2.22. The summed E-state index contributed by atoms with van der Waals surface area (Å²) < 4.78 is 30.0. The second-order valence-corrected chi connectivity index (χ2v) is 5.04. The maximum Gasteiger partial charge on any atom is 0.176 e. The molecule has 124 valence electrons. The van der Waals surface area contributed by atoms with E-state index in [4.69, 9.17) is 14.0 Å². The van der Waals surface area contributed by atoms with Crippen molar-refractivity contribution in [2.75, 3.05) is 14.2 Å². The Bertz CT molecular complexity index is 860. The fourth-order valence-corrected chi connectivity index (χ4v) is 2.52. The van der Waals surface area contributed by atoms with Gasteiger partial charge in [0.2, 0.25) is 0 Å². The number of aliphatic hydroxyl groups is 1. The van der Waals surface area contributed by atoms with Crippen molar-refractivity contribution in [3.05, 3.63) is 53.8 Å². The first-order valence-corrected chi connectivity index (χ1v) is 7.26. The normalized spacial score (nSPS) is 10.7. The highest BCUT2D eigenvalue weighted by Crippen LogP contribution is 2.39.